The lowest BCUT2D eigenvalue weighted by Gasteiger charge is -2.17. The van der Waals surface area contributed by atoms with Crippen LogP contribution in [0.3, 0.4) is 0 Å². The molecule has 1 fully saturated rings. The van der Waals surface area contributed by atoms with E-state index in [4.69, 9.17) is 9.78 Å². The summed E-state index contributed by atoms with van der Waals surface area (Å²) in [5, 5.41) is 1.32. The zero-order valence-electron chi connectivity index (χ0n) is 11.1. The third-order valence-corrected chi connectivity index (χ3v) is 5.05. The molecule has 0 amide bonds. The average Bonchev–Trinajstić information content (AvgIpc) is 3.02. The molecule has 1 heterocycles. The van der Waals surface area contributed by atoms with Gasteiger partial charge in [0, 0.05) is 16.4 Å². The molecule has 2 aromatic rings. The number of carbonyl (C=O) groups is 1. The highest BCUT2D eigenvalue weighted by Gasteiger charge is 2.47. The molecule has 1 aromatic heterocycles. The van der Waals surface area contributed by atoms with E-state index in [2.05, 4.69) is 53.1 Å². The van der Waals surface area contributed by atoms with Crippen molar-refractivity contribution >= 4 is 44.3 Å². The van der Waals surface area contributed by atoms with Crippen LogP contribution in [-0.4, -0.2) is 37.3 Å². The lowest BCUT2D eigenvalue weighted by molar-refractivity contribution is -0.0979. The van der Waals surface area contributed by atoms with E-state index in [0.29, 0.717) is 5.41 Å². The number of hydrogen-bond donors (Lipinski definition) is 0. The first-order chi connectivity index (χ1) is 9.09. The molecule has 3 rings (SSSR count). The Bertz CT molecular complexity index is 578. The summed E-state index contributed by atoms with van der Waals surface area (Å²) in [6, 6.07) is 6.36. The van der Waals surface area contributed by atoms with Gasteiger partial charge in [0.15, 0.2) is 0 Å². The number of rotatable bonds is 3. The van der Waals surface area contributed by atoms with Gasteiger partial charge in [-0.05, 0) is 45.1 Å². The van der Waals surface area contributed by atoms with Crippen LogP contribution in [-0.2, 0) is 10.2 Å². The van der Waals surface area contributed by atoms with Crippen molar-refractivity contribution in [2.45, 2.75) is 18.3 Å². The van der Waals surface area contributed by atoms with Crippen LogP contribution in [0.2, 0.25) is 0 Å². The molecule has 1 aromatic carbocycles. The molecule has 0 atom stereocenters. The summed E-state index contributed by atoms with van der Waals surface area (Å²) in [6.45, 7) is 3.12. The van der Waals surface area contributed by atoms with Crippen LogP contribution in [0.15, 0.2) is 22.7 Å². The summed E-state index contributed by atoms with van der Waals surface area (Å²) in [4.78, 5) is 15.1. The largest absolute Gasteiger partial charge is 0.308 e. The van der Waals surface area contributed by atoms with Gasteiger partial charge in [-0.3, -0.25) is 0 Å². The number of benzene rings is 1. The molecule has 0 spiro atoms. The zero-order valence-corrected chi connectivity index (χ0v) is 13.6. The highest BCUT2D eigenvalue weighted by atomic mass is 79.9. The van der Waals surface area contributed by atoms with E-state index in [-0.39, 0.29) is 0 Å². The normalized spacial score (nSPS) is 16.2. The van der Waals surface area contributed by atoms with Gasteiger partial charge in [-0.1, -0.05) is 15.9 Å². The molecule has 0 saturated heterocycles. The van der Waals surface area contributed by atoms with Gasteiger partial charge in [-0.25, -0.2) is 4.98 Å². The summed E-state index contributed by atoms with van der Waals surface area (Å²) in [6.07, 6.45) is 2.57. The maximum absolute atomic E-state index is 8.00. The summed E-state index contributed by atoms with van der Waals surface area (Å²) in [5.74, 6) is 0. The van der Waals surface area contributed by atoms with Gasteiger partial charge in [0.2, 0.25) is 0 Å². The SMILES string of the molecule is C=O.CN(C)CC1(c2nc3cc(Br)ccc3s2)CC1. The number of likely N-dealkylation sites (N-methyl/N-ethyl adjacent to an activating group) is 1. The van der Waals surface area contributed by atoms with Gasteiger partial charge in [0.1, 0.15) is 11.8 Å². The minimum absolute atomic E-state index is 0.347. The second-order valence-electron chi connectivity index (χ2n) is 5.15. The fourth-order valence-corrected chi connectivity index (χ4v) is 3.85. The molecule has 1 aliphatic carbocycles. The summed E-state index contributed by atoms with van der Waals surface area (Å²) < 4.78 is 2.41. The van der Waals surface area contributed by atoms with Crippen LogP contribution in [0.1, 0.15) is 17.8 Å². The zero-order chi connectivity index (χ0) is 14.0. The molecule has 3 nitrogen and oxygen atoms in total. The van der Waals surface area contributed by atoms with Crippen molar-refractivity contribution in [2.75, 3.05) is 20.6 Å². The minimum Gasteiger partial charge on any atom is -0.308 e. The monoisotopic (exact) mass is 340 g/mol. The molecule has 1 aliphatic rings. The van der Waals surface area contributed by atoms with Crippen LogP contribution in [0, 0.1) is 0 Å². The first kappa shape index (κ1) is 14.6. The number of fused-ring (bicyclic) bond motifs is 1. The molecule has 102 valence electrons. The Hall–Kier alpha value is -0.780. The standard InChI is InChI=1S/C13H15BrN2S.CH2O/c1-16(2)8-13(5-6-13)12-15-10-7-9(14)3-4-11(10)17-12;1-2/h3-4,7H,5-6,8H2,1-2H3;1H2. The Morgan fingerprint density at radius 3 is 2.68 bits per heavy atom. The van der Waals surface area contributed by atoms with Gasteiger partial charge in [-0.15, -0.1) is 11.3 Å². The molecule has 0 aliphatic heterocycles. The Morgan fingerprint density at radius 2 is 2.11 bits per heavy atom. The summed E-state index contributed by atoms with van der Waals surface area (Å²) in [5.41, 5.74) is 1.48. The van der Waals surface area contributed by atoms with Crippen LogP contribution in [0.25, 0.3) is 10.2 Å². The first-order valence-electron chi connectivity index (χ1n) is 6.09. The van der Waals surface area contributed by atoms with E-state index in [0.717, 1.165) is 16.5 Å². The van der Waals surface area contributed by atoms with Gasteiger partial charge < -0.3 is 9.69 Å². The van der Waals surface area contributed by atoms with Crippen LogP contribution >= 0.6 is 27.3 Å². The van der Waals surface area contributed by atoms with Crippen LogP contribution in [0.4, 0.5) is 0 Å². The second kappa shape index (κ2) is 5.69. The number of halogens is 1. The topological polar surface area (TPSA) is 33.2 Å². The number of aromatic nitrogens is 1. The third kappa shape index (κ3) is 3.04. The van der Waals surface area contributed by atoms with Crippen molar-refractivity contribution in [1.29, 1.82) is 0 Å². The van der Waals surface area contributed by atoms with Crippen molar-refractivity contribution in [3.05, 3.63) is 27.7 Å². The van der Waals surface area contributed by atoms with E-state index in [1.165, 1.54) is 22.5 Å². The van der Waals surface area contributed by atoms with E-state index >= 15 is 0 Å². The lowest BCUT2D eigenvalue weighted by Crippen LogP contribution is -2.25. The Balaban J connectivity index is 0.000000637. The predicted octanol–water partition coefficient (Wildman–Crippen LogP) is 3.47. The van der Waals surface area contributed by atoms with Gasteiger partial charge in [-0.2, -0.15) is 0 Å². The second-order valence-corrected chi connectivity index (χ2v) is 7.10. The Labute approximate surface area is 125 Å². The van der Waals surface area contributed by atoms with E-state index < -0.39 is 0 Å². The number of hydrogen-bond acceptors (Lipinski definition) is 4. The van der Waals surface area contributed by atoms with Crippen molar-refractivity contribution in [2.24, 2.45) is 0 Å². The van der Waals surface area contributed by atoms with Crippen molar-refractivity contribution in [1.82, 2.24) is 9.88 Å². The van der Waals surface area contributed by atoms with Crippen molar-refractivity contribution in [3.63, 3.8) is 0 Å². The van der Waals surface area contributed by atoms with Crippen molar-refractivity contribution < 1.29 is 4.79 Å². The molecular formula is C14H17BrN2OS. The van der Waals surface area contributed by atoms with E-state index in [1.807, 2.05) is 18.1 Å². The number of nitrogens with zero attached hydrogens (tertiary/aromatic N) is 2. The molecule has 0 bridgehead atoms. The quantitative estimate of drug-likeness (QED) is 0.857. The first-order valence-corrected chi connectivity index (χ1v) is 7.70. The van der Waals surface area contributed by atoms with Gasteiger partial charge in [0.25, 0.3) is 0 Å². The highest BCUT2D eigenvalue weighted by molar-refractivity contribution is 9.10. The molecule has 1 saturated carbocycles. The average molecular weight is 341 g/mol. The molecule has 0 radical (unpaired) electrons. The molecule has 19 heavy (non-hydrogen) atoms. The molecular weight excluding hydrogens is 324 g/mol. The minimum atomic E-state index is 0.347. The fraction of sp³-hybridized carbons (Fsp3) is 0.429. The molecule has 0 N–H and O–H groups in total. The smallest absolute Gasteiger partial charge is 0.106 e. The lowest BCUT2D eigenvalue weighted by atomic mass is 10.1. The Kier molecular flexibility index (Phi) is 4.38. The van der Waals surface area contributed by atoms with Gasteiger partial charge >= 0.3 is 0 Å². The summed E-state index contributed by atoms with van der Waals surface area (Å²) in [7, 11) is 4.29. The highest BCUT2D eigenvalue weighted by Crippen LogP contribution is 2.50. The maximum Gasteiger partial charge on any atom is 0.106 e. The number of carbonyl (C=O) groups excluding carboxylic acids is 1. The predicted molar refractivity (Wildman–Crippen MR) is 83.9 cm³/mol. The summed E-state index contributed by atoms with van der Waals surface area (Å²) >= 11 is 5.36. The molecule has 5 heteroatoms. The van der Waals surface area contributed by atoms with Crippen molar-refractivity contribution in [3.8, 4) is 0 Å². The maximum atomic E-state index is 8.00. The van der Waals surface area contributed by atoms with Crippen LogP contribution < -0.4 is 0 Å². The Morgan fingerprint density at radius 1 is 1.42 bits per heavy atom. The fourth-order valence-electron chi connectivity index (χ4n) is 2.32. The van der Waals surface area contributed by atoms with Crippen LogP contribution in [0.5, 0.6) is 0 Å². The number of thiazole rings is 1. The molecule has 0 unspecified atom stereocenters. The third-order valence-electron chi connectivity index (χ3n) is 3.28. The van der Waals surface area contributed by atoms with Gasteiger partial charge in [0.05, 0.1) is 10.2 Å². The van der Waals surface area contributed by atoms with E-state index in [9.17, 15) is 0 Å². The van der Waals surface area contributed by atoms with E-state index in [1.54, 1.807) is 0 Å².